The molecule has 0 spiro atoms. The number of imidazole rings is 1. The van der Waals surface area contributed by atoms with Gasteiger partial charge in [-0.05, 0) is 44.9 Å². The fraction of sp³-hybridized carbons (Fsp3) is 0.500. The number of benzene rings is 1. The molecule has 3 heteroatoms. The third-order valence-corrected chi connectivity index (χ3v) is 3.12. The largest absolute Gasteiger partial charge is 0.328 e. The van der Waals surface area contributed by atoms with Crippen molar-refractivity contribution in [1.82, 2.24) is 9.55 Å². The van der Waals surface area contributed by atoms with Gasteiger partial charge >= 0.3 is 0 Å². The van der Waals surface area contributed by atoms with Crippen LogP contribution in [0.15, 0.2) is 18.2 Å². The van der Waals surface area contributed by atoms with E-state index in [1.54, 1.807) is 0 Å². The van der Waals surface area contributed by atoms with E-state index in [0.717, 1.165) is 30.7 Å². The van der Waals surface area contributed by atoms with Gasteiger partial charge in [-0.2, -0.15) is 0 Å². The van der Waals surface area contributed by atoms with Crippen LogP contribution >= 0.6 is 0 Å². The molecule has 1 heterocycles. The highest BCUT2D eigenvalue weighted by Gasteiger charge is 2.09. The molecule has 0 saturated heterocycles. The first-order valence-corrected chi connectivity index (χ1v) is 6.33. The zero-order valence-corrected chi connectivity index (χ0v) is 10.9. The van der Waals surface area contributed by atoms with Crippen molar-refractivity contribution in [3.05, 3.63) is 29.6 Å². The van der Waals surface area contributed by atoms with Gasteiger partial charge in [0.25, 0.3) is 0 Å². The van der Waals surface area contributed by atoms with Crippen molar-refractivity contribution in [2.24, 2.45) is 5.73 Å². The quantitative estimate of drug-likeness (QED) is 0.879. The van der Waals surface area contributed by atoms with Crippen molar-refractivity contribution in [3.8, 4) is 0 Å². The maximum absolute atomic E-state index is 5.81. The Hall–Kier alpha value is -1.35. The molecule has 1 aromatic carbocycles. The molecule has 0 aliphatic heterocycles. The van der Waals surface area contributed by atoms with Gasteiger partial charge in [-0.25, -0.2) is 4.98 Å². The van der Waals surface area contributed by atoms with E-state index in [9.17, 15) is 0 Å². The topological polar surface area (TPSA) is 43.8 Å². The molecule has 1 unspecified atom stereocenters. The Morgan fingerprint density at radius 3 is 2.82 bits per heavy atom. The van der Waals surface area contributed by atoms with E-state index in [1.165, 1.54) is 11.1 Å². The number of aromatic nitrogens is 2. The lowest BCUT2D eigenvalue weighted by Gasteiger charge is -2.07. The maximum Gasteiger partial charge on any atom is 0.109 e. The van der Waals surface area contributed by atoms with Crippen molar-refractivity contribution in [2.45, 2.75) is 46.2 Å². The van der Waals surface area contributed by atoms with Crippen LogP contribution in [0.1, 0.15) is 31.7 Å². The first-order valence-electron chi connectivity index (χ1n) is 6.33. The second-order valence-corrected chi connectivity index (χ2v) is 4.78. The molecule has 0 saturated carbocycles. The monoisotopic (exact) mass is 231 g/mol. The van der Waals surface area contributed by atoms with Gasteiger partial charge in [0.1, 0.15) is 5.82 Å². The van der Waals surface area contributed by atoms with Crippen molar-refractivity contribution >= 4 is 11.0 Å². The molecule has 0 fully saturated rings. The summed E-state index contributed by atoms with van der Waals surface area (Å²) < 4.78 is 2.29. The summed E-state index contributed by atoms with van der Waals surface area (Å²) in [6.45, 7) is 7.28. The van der Waals surface area contributed by atoms with E-state index in [0.29, 0.717) is 0 Å². The van der Waals surface area contributed by atoms with Crippen LogP contribution in [-0.4, -0.2) is 15.6 Å². The number of fused-ring (bicyclic) bond motifs is 1. The SMILES string of the molecule is CCn1c(CCC(C)N)nc2cc(C)ccc21. The molecule has 0 aliphatic rings. The van der Waals surface area contributed by atoms with E-state index in [-0.39, 0.29) is 6.04 Å². The number of nitrogens with zero attached hydrogens (tertiary/aromatic N) is 2. The lowest BCUT2D eigenvalue weighted by Crippen LogP contribution is -2.16. The Bertz CT molecular complexity index is 511. The molecular formula is C14H21N3. The van der Waals surface area contributed by atoms with Gasteiger partial charge < -0.3 is 10.3 Å². The van der Waals surface area contributed by atoms with Crippen LogP contribution in [-0.2, 0) is 13.0 Å². The van der Waals surface area contributed by atoms with Gasteiger partial charge in [-0.1, -0.05) is 6.07 Å². The summed E-state index contributed by atoms with van der Waals surface area (Å²) in [5.74, 6) is 1.16. The molecule has 17 heavy (non-hydrogen) atoms. The molecule has 0 bridgehead atoms. The minimum absolute atomic E-state index is 0.238. The Kier molecular flexibility index (Phi) is 3.48. The van der Waals surface area contributed by atoms with Crippen molar-refractivity contribution in [1.29, 1.82) is 0 Å². The third kappa shape index (κ3) is 2.50. The molecule has 0 amide bonds. The summed E-state index contributed by atoms with van der Waals surface area (Å²) >= 11 is 0. The fourth-order valence-electron chi connectivity index (χ4n) is 2.19. The molecule has 92 valence electrons. The van der Waals surface area contributed by atoms with Gasteiger partial charge in [0.05, 0.1) is 11.0 Å². The van der Waals surface area contributed by atoms with Crippen molar-refractivity contribution in [2.75, 3.05) is 0 Å². The number of aryl methyl sites for hydroxylation is 3. The zero-order valence-electron chi connectivity index (χ0n) is 10.9. The first-order chi connectivity index (χ1) is 8.11. The Morgan fingerprint density at radius 1 is 1.41 bits per heavy atom. The highest BCUT2D eigenvalue weighted by molar-refractivity contribution is 5.76. The Labute approximate surface area is 103 Å². The molecule has 1 aromatic heterocycles. The van der Waals surface area contributed by atoms with Gasteiger partial charge in [0, 0.05) is 19.0 Å². The molecule has 0 radical (unpaired) electrons. The second-order valence-electron chi connectivity index (χ2n) is 4.78. The van der Waals surface area contributed by atoms with E-state index in [1.807, 2.05) is 6.92 Å². The highest BCUT2D eigenvalue weighted by Crippen LogP contribution is 2.18. The normalized spacial score (nSPS) is 13.2. The van der Waals surface area contributed by atoms with E-state index in [2.05, 4.69) is 36.6 Å². The summed E-state index contributed by atoms with van der Waals surface area (Å²) in [6.07, 6.45) is 1.95. The fourth-order valence-corrected chi connectivity index (χ4v) is 2.19. The summed E-state index contributed by atoms with van der Waals surface area (Å²) in [5, 5.41) is 0. The van der Waals surface area contributed by atoms with Crippen LogP contribution in [0.2, 0.25) is 0 Å². The minimum atomic E-state index is 0.238. The van der Waals surface area contributed by atoms with E-state index >= 15 is 0 Å². The van der Waals surface area contributed by atoms with E-state index < -0.39 is 0 Å². The standard InChI is InChI=1S/C14H21N3/c1-4-17-13-7-5-10(2)9-12(13)16-14(17)8-6-11(3)15/h5,7,9,11H,4,6,8,15H2,1-3H3. The maximum atomic E-state index is 5.81. The lowest BCUT2D eigenvalue weighted by molar-refractivity contribution is 0.620. The number of hydrogen-bond donors (Lipinski definition) is 1. The Balaban J connectivity index is 2.41. The molecule has 2 rings (SSSR count). The first kappa shape index (κ1) is 12.1. The predicted octanol–water partition coefficient (Wildman–Crippen LogP) is 2.64. The molecule has 1 atom stereocenters. The van der Waals surface area contributed by atoms with Crippen LogP contribution in [0.3, 0.4) is 0 Å². The van der Waals surface area contributed by atoms with Crippen LogP contribution in [0.5, 0.6) is 0 Å². The number of rotatable bonds is 4. The van der Waals surface area contributed by atoms with Gasteiger partial charge in [0.2, 0.25) is 0 Å². The van der Waals surface area contributed by atoms with Crippen LogP contribution in [0.25, 0.3) is 11.0 Å². The van der Waals surface area contributed by atoms with Crippen LogP contribution in [0, 0.1) is 6.92 Å². The number of nitrogens with two attached hydrogens (primary N) is 1. The van der Waals surface area contributed by atoms with Gasteiger partial charge in [-0.3, -0.25) is 0 Å². The van der Waals surface area contributed by atoms with Crippen molar-refractivity contribution < 1.29 is 0 Å². The van der Waals surface area contributed by atoms with E-state index in [4.69, 9.17) is 10.7 Å². The molecular weight excluding hydrogens is 210 g/mol. The highest BCUT2D eigenvalue weighted by atomic mass is 15.1. The molecule has 0 aliphatic carbocycles. The molecule has 2 aromatic rings. The lowest BCUT2D eigenvalue weighted by atomic mass is 10.2. The average molecular weight is 231 g/mol. The van der Waals surface area contributed by atoms with Gasteiger partial charge in [-0.15, -0.1) is 0 Å². The van der Waals surface area contributed by atoms with Crippen molar-refractivity contribution in [3.63, 3.8) is 0 Å². The van der Waals surface area contributed by atoms with Crippen LogP contribution in [0.4, 0.5) is 0 Å². The van der Waals surface area contributed by atoms with Gasteiger partial charge in [0.15, 0.2) is 0 Å². The summed E-state index contributed by atoms with van der Waals surface area (Å²) in [7, 11) is 0. The predicted molar refractivity (Wildman–Crippen MR) is 72.1 cm³/mol. The molecule has 2 N–H and O–H groups in total. The Morgan fingerprint density at radius 2 is 2.18 bits per heavy atom. The third-order valence-electron chi connectivity index (χ3n) is 3.12. The molecule has 3 nitrogen and oxygen atoms in total. The zero-order chi connectivity index (χ0) is 12.4. The minimum Gasteiger partial charge on any atom is -0.328 e. The average Bonchev–Trinajstić information content (AvgIpc) is 2.62. The summed E-state index contributed by atoms with van der Waals surface area (Å²) in [5.41, 5.74) is 9.41. The smallest absolute Gasteiger partial charge is 0.109 e. The van der Waals surface area contributed by atoms with Crippen LogP contribution < -0.4 is 5.73 Å². The summed E-state index contributed by atoms with van der Waals surface area (Å²) in [4.78, 5) is 4.72. The number of hydrogen-bond acceptors (Lipinski definition) is 2. The summed E-state index contributed by atoms with van der Waals surface area (Å²) in [6, 6.07) is 6.70. The second kappa shape index (κ2) is 4.88.